The topological polar surface area (TPSA) is 109 Å². The molecular formula is C18H24N6O3S. The summed E-state index contributed by atoms with van der Waals surface area (Å²) in [5.41, 5.74) is 1.58. The summed E-state index contributed by atoms with van der Waals surface area (Å²) >= 11 is 0. The molecule has 1 aromatic heterocycles. The maximum atomic E-state index is 12.2. The van der Waals surface area contributed by atoms with E-state index in [1.54, 1.807) is 18.3 Å². The van der Waals surface area contributed by atoms with E-state index in [4.69, 9.17) is 4.74 Å². The number of nitrogens with one attached hydrogen (secondary N) is 2. The van der Waals surface area contributed by atoms with E-state index in [1.807, 2.05) is 12.4 Å². The number of aromatic nitrogens is 2. The van der Waals surface area contributed by atoms with Crippen molar-refractivity contribution in [1.29, 1.82) is 0 Å². The maximum absolute atomic E-state index is 12.2. The van der Waals surface area contributed by atoms with Crippen molar-refractivity contribution in [2.24, 2.45) is 4.99 Å². The van der Waals surface area contributed by atoms with Crippen molar-refractivity contribution in [2.45, 2.75) is 17.9 Å². The summed E-state index contributed by atoms with van der Waals surface area (Å²) in [6.07, 6.45) is 3.55. The average molecular weight is 404 g/mol. The highest BCUT2D eigenvalue weighted by atomic mass is 32.2. The number of anilines is 2. The number of rotatable bonds is 9. The van der Waals surface area contributed by atoms with Gasteiger partial charge < -0.3 is 15.0 Å². The van der Waals surface area contributed by atoms with Gasteiger partial charge in [0.05, 0.1) is 36.1 Å². The number of benzene rings is 1. The van der Waals surface area contributed by atoms with Gasteiger partial charge in [0, 0.05) is 32.1 Å². The van der Waals surface area contributed by atoms with Gasteiger partial charge in [-0.15, -0.1) is 0 Å². The van der Waals surface area contributed by atoms with Gasteiger partial charge in [-0.25, -0.2) is 23.1 Å². The highest BCUT2D eigenvalue weighted by Crippen LogP contribution is 2.23. The summed E-state index contributed by atoms with van der Waals surface area (Å²) in [4.78, 5) is 15.5. The Morgan fingerprint density at radius 1 is 1.25 bits per heavy atom. The van der Waals surface area contributed by atoms with E-state index in [0.29, 0.717) is 24.8 Å². The highest BCUT2D eigenvalue weighted by molar-refractivity contribution is 7.89. The van der Waals surface area contributed by atoms with Gasteiger partial charge in [0.15, 0.2) is 0 Å². The molecule has 1 unspecified atom stereocenters. The zero-order valence-corrected chi connectivity index (χ0v) is 16.7. The monoisotopic (exact) mass is 404 g/mol. The maximum Gasteiger partial charge on any atom is 0.240 e. The molecule has 150 valence electrons. The van der Waals surface area contributed by atoms with Crippen LogP contribution >= 0.6 is 0 Å². The van der Waals surface area contributed by atoms with Crippen LogP contribution in [0.3, 0.4) is 0 Å². The first kappa shape index (κ1) is 20.2. The molecule has 1 aliphatic heterocycles. The van der Waals surface area contributed by atoms with Crippen LogP contribution in [0.5, 0.6) is 0 Å². The molecule has 0 amide bonds. The first-order valence-corrected chi connectivity index (χ1v) is 10.5. The Balaban J connectivity index is 1.68. The van der Waals surface area contributed by atoms with Crippen LogP contribution in [-0.4, -0.2) is 63.0 Å². The van der Waals surface area contributed by atoms with Gasteiger partial charge in [-0.2, -0.15) is 0 Å². The van der Waals surface area contributed by atoms with Crippen molar-refractivity contribution in [2.75, 3.05) is 38.7 Å². The van der Waals surface area contributed by atoms with Gasteiger partial charge in [-0.1, -0.05) is 0 Å². The number of sulfonamides is 1. The van der Waals surface area contributed by atoms with Crippen LogP contribution in [0.1, 0.15) is 18.7 Å². The van der Waals surface area contributed by atoms with Gasteiger partial charge in [0.1, 0.15) is 0 Å². The van der Waals surface area contributed by atoms with Crippen molar-refractivity contribution < 1.29 is 13.2 Å². The lowest BCUT2D eigenvalue weighted by atomic mass is 10.2. The summed E-state index contributed by atoms with van der Waals surface area (Å²) in [5.74, 6) is 0.453. The Kier molecular flexibility index (Phi) is 6.55. The second-order valence-corrected chi connectivity index (χ2v) is 7.94. The molecule has 3 rings (SSSR count). The summed E-state index contributed by atoms with van der Waals surface area (Å²) < 4.78 is 31.7. The van der Waals surface area contributed by atoms with Crippen LogP contribution in [0.25, 0.3) is 0 Å². The Morgan fingerprint density at radius 2 is 2.04 bits per heavy atom. The summed E-state index contributed by atoms with van der Waals surface area (Å²) in [6.45, 7) is 4.14. The molecule has 0 aliphatic carbocycles. The second-order valence-electron chi connectivity index (χ2n) is 6.17. The molecule has 9 nitrogen and oxygen atoms in total. The fourth-order valence-electron chi connectivity index (χ4n) is 2.83. The largest absolute Gasteiger partial charge is 0.383 e. The number of methoxy groups -OCH3 is 1. The zero-order chi connectivity index (χ0) is 20.0. The van der Waals surface area contributed by atoms with Gasteiger partial charge in [-0.3, -0.25) is 4.99 Å². The van der Waals surface area contributed by atoms with Crippen LogP contribution < -0.4 is 10.0 Å². The molecule has 0 saturated heterocycles. The van der Waals surface area contributed by atoms with E-state index in [0.717, 1.165) is 12.2 Å². The van der Waals surface area contributed by atoms with Crippen LogP contribution in [0.2, 0.25) is 0 Å². The number of likely N-dealkylation sites (N-methyl/N-ethyl adjacent to an activating group) is 1. The smallest absolute Gasteiger partial charge is 0.240 e. The molecular weight excluding hydrogens is 380 g/mol. The second kappa shape index (κ2) is 9.09. The molecule has 0 bridgehead atoms. The molecule has 10 heteroatoms. The van der Waals surface area contributed by atoms with E-state index in [1.165, 1.54) is 19.2 Å². The van der Waals surface area contributed by atoms with E-state index in [2.05, 4.69) is 36.8 Å². The predicted octanol–water partition coefficient (Wildman–Crippen LogP) is 1.55. The van der Waals surface area contributed by atoms with Crippen LogP contribution in [0, 0.1) is 0 Å². The van der Waals surface area contributed by atoms with Crippen molar-refractivity contribution in [3.63, 3.8) is 0 Å². The zero-order valence-electron chi connectivity index (χ0n) is 15.9. The third-order valence-electron chi connectivity index (χ3n) is 4.31. The molecule has 2 heterocycles. The molecule has 2 aromatic rings. The van der Waals surface area contributed by atoms with Gasteiger partial charge >= 0.3 is 0 Å². The molecule has 2 N–H and O–H groups in total. The Hall–Kier alpha value is -2.56. The first-order valence-electron chi connectivity index (χ1n) is 8.98. The molecule has 1 atom stereocenters. The Labute approximate surface area is 164 Å². The van der Waals surface area contributed by atoms with Gasteiger partial charge in [-0.05, 0) is 37.3 Å². The molecule has 28 heavy (non-hydrogen) atoms. The fraction of sp³-hybridized carbons (Fsp3) is 0.389. The van der Waals surface area contributed by atoms with Crippen molar-refractivity contribution in [3.8, 4) is 0 Å². The third-order valence-corrected chi connectivity index (χ3v) is 5.79. The number of ether oxygens (including phenoxy) is 1. The van der Waals surface area contributed by atoms with Gasteiger partial charge in [0.2, 0.25) is 16.0 Å². The molecule has 0 fully saturated rings. The molecule has 1 aromatic carbocycles. The van der Waals surface area contributed by atoms with E-state index in [9.17, 15) is 8.42 Å². The Bertz CT molecular complexity index is 917. The van der Waals surface area contributed by atoms with E-state index in [-0.39, 0.29) is 17.5 Å². The quantitative estimate of drug-likeness (QED) is 0.610. The summed E-state index contributed by atoms with van der Waals surface area (Å²) in [5, 5.41) is 3.11. The minimum atomic E-state index is -3.56. The van der Waals surface area contributed by atoms with E-state index < -0.39 is 10.0 Å². The normalized spacial score (nSPS) is 16.5. The minimum Gasteiger partial charge on any atom is -0.383 e. The van der Waals surface area contributed by atoms with E-state index >= 15 is 0 Å². The Morgan fingerprint density at radius 3 is 2.75 bits per heavy atom. The molecule has 0 radical (unpaired) electrons. The van der Waals surface area contributed by atoms with Gasteiger partial charge in [0.25, 0.3) is 0 Å². The molecule has 0 saturated carbocycles. The fourth-order valence-corrected chi connectivity index (χ4v) is 3.84. The van der Waals surface area contributed by atoms with Crippen molar-refractivity contribution >= 4 is 28.0 Å². The van der Waals surface area contributed by atoms with Crippen LogP contribution in [0.15, 0.2) is 46.4 Å². The van der Waals surface area contributed by atoms with Crippen molar-refractivity contribution in [3.05, 3.63) is 42.2 Å². The summed E-state index contributed by atoms with van der Waals surface area (Å²) in [6, 6.07) is 8.42. The molecule has 1 aliphatic rings. The van der Waals surface area contributed by atoms with Crippen LogP contribution in [-0.2, 0) is 14.8 Å². The lowest BCUT2D eigenvalue weighted by Crippen LogP contribution is -2.27. The lowest BCUT2D eigenvalue weighted by Gasteiger charge is -2.21. The standard InChI is InChI=1S/C18H24N6O3S/c1-3-24-13-19-12-17(24)16-8-9-20-18(23-16)22-14-4-6-15(7-5-14)28(25,26)21-10-11-27-2/h4-9,13,17,21H,3,10-12H2,1-2H3,(H,20,22,23). The molecule has 0 spiro atoms. The predicted molar refractivity (Wildman–Crippen MR) is 107 cm³/mol. The number of hydrogen-bond acceptors (Lipinski definition) is 8. The first-order chi connectivity index (χ1) is 13.5. The van der Waals surface area contributed by atoms with Crippen LogP contribution in [0.4, 0.5) is 11.6 Å². The summed E-state index contributed by atoms with van der Waals surface area (Å²) in [7, 11) is -2.04. The minimum absolute atomic E-state index is 0.110. The highest BCUT2D eigenvalue weighted by Gasteiger charge is 2.22. The van der Waals surface area contributed by atoms with Crippen molar-refractivity contribution in [1.82, 2.24) is 19.6 Å². The number of hydrogen-bond donors (Lipinski definition) is 2. The third kappa shape index (κ3) is 4.83. The number of aliphatic imine (C=N–C) groups is 1. The SMILES string of the molecule is CCN1C=NCC1c1ccnc(Nc2ccc(S(=O)(=O)NCCOC)cc2)n1. The average Bonchev–Trinajstić information content (AvgIpc) is 3.18. The number of nitrogens with zero attached hydrogens (tertiary/aromatic N) is 4. The lowest BCUT2D eigenvalue weighted by molar-refractivity contribution is 0.204.